The number of nitrogens with zero attached hydrogens (tertiary/aromatic N) is 2. The molecule has 0 aliphatic carbocycles. The van der Waals surface area contributed by atoms with Crippen LogP contribution in [0.2, 0.25) is 0 Å². The molecule has 0 fully saturated rings. The number of imidazole rings is 1. The summed E-state index contributed by atoms with van der Waals surface area (Å²) in [4.78, 5) is 16.5. The Bertz CT molecular complexity index is 588. The molecule has 1 atom stereocenters. The van der Waals surface area contributed by atoms with Gasteiger partial charge in [0.1, 0.15) is 11.9 Å². The third-order valence-electron chi connectivity index (χ3n) is 3.46. The third-order valence-corrected chi connectivity index (χ3v) is 3.46. The highest BCUT2D eigenvalue weighted by atomic mass is 16.2. The van der Waals surface area contributed by atoms with E-state index in [2.05, 4.69) is 16.4 Å². The Morgan fingerprint density at radius 3 is 3.00 bits per heavy atom. The number of rotatable bonds is 1. The first kappa shape index (κ1) is 11.0. The molecule has 2 heterocycles. The van der Waals surface area contributed by atoms with E-state index in [1.807, 2.05) is 35.9 Å². The van der Waals surface area contributed by atoms with Gasteiger partial charge in [0.25, 0.3) is 0 Å². The van der Waals surface area contributed by atoms with Crippen LogP contribution in [-0.4, -0.2) is 15.5 Å². The maximum atomic E-state index is 12.3. The fourth-order valence-corrected chi connectivity index (χ4v) is 2.48. The van der Waals surface area contributed by atoms with Crippen LogP contribution in [0, 0.1) is 6.92 Å². The van der Waals surface area contributed by atoms with Crippen molar-refractivity contribution in [2.24, 2.45) is 0 Å². The number of nitrogens with one attached hydrogen (secondary N) is 1. The summed E-state index contributed by atoms with van der Waals surface area (Å²) in [6, 6.07) is 7.81. The lowest BCUT2D eigenvalue weighted by atomic mass is 10.1. The molecule has 4 nitrogen and oxygen atoms in total. The van der Waals surface area contributed by atoms with Crippen LogP contribution in [-0.2, 0) is 11.2 Å². The second kappa shape index (κ2) is 4.29. The van der Waals surface area contributed by atoms with E-state index >= 15 is 0 Å². The predicted molar refractivity (Wildman–Crippen MR) is 69.4 cm³/mol. The molecule has 1 N–H and O–H groups in total. The zero-order valence-corrected chi connectivity index (χ0v) is 10.3. The quantitative estimate of drug-likeness (QED) is 0.832. The van der Waals surface area contributed by atoms with Gasteiger partial charge in [-0.3, -0.25) is 4.79 Å². The average Bonchev–Trinajstić information content (AvgIpc) is 2.70. The molecular weight excluding hydrogens is 226 g/mol. The van der Waals surface area contributed by atoms with Gasteiger partial charge in [0.15, 0.2) is 0 Å². The number of para-hydroxylation sites is 1. The predicted octanol–water partition coefficient (Wildman–Crippen LogP) is 2.32. The maximum absolute atomic E-state index is 12.3. The molecule has 0 saturated carbocycles. The van der Waals surface area contributed by atoms with Crippen molar-refractivity contribution in [2.45, 2.75) is 25.8 Å². The van der Waals surface area contributed by atoms with Crippen molar-refractivity contribution in [3.05, 3.63) is 48.0 Å². The Balaban J connectivity index is 1.94. The number of hydrogen-bond donors (Lipinski definition) is 1. The molecule has 1 aliphatic rings. The number of carbonyl (C=O) groups excluding carboxylic acids is 1. The van der Waals surface area contributed by atoms with E-state index in [0.717, 1.165) is 24.4 Å². The van der Waals surface area contributed by atoms with Crippen LogP contribution in [0.4, 0.5) is 5.69 Å². The third kappa shape index (κ3) is 1.79. The summed E-state index contributed by atoms with van der Waals surface area (Å²) < 4.78 is 1.95. The van der Waals surface area contributed by atoms with Gasteiger partial charge >= 0.3 is 0 Å². The average molecular weight is 241 g/mol. The van der Waals surface area contributed by atoms with Crippen LogP contribution < -0.4 is 5.32 Å². The SMILES string of the molecule is Cc1nccn1C1CCc2ccccc2NC1=O. The summed E-state index contributed by atoms with van der Waals surface area (Å²) in [6.45, 7) is 1.92. The van der Waals surface area contributed by atoms with Crippen molar-refractivity contribution in [1.29, 1.82) is 0 Å². The largest absolute Gasteiger partial charge is 0.324 e. The van der Waals surface area contributed by atoms with E-state index in [9.17, 15) is 4.79 Å². The lowest BCUT2D eigenvalue weighted by Gasteiger charge is -2.16. The zero-order valence-electron chi connectivity index (χ0n) is 10.3. The van der Waals surface area contributed by atoms with Crippen LogP contribution >= 0.6 is 0 Å². The Labute approximate surface area is 106 Å². The molecule has 1 aliphatic heterocycles. The second-order valence-electron chi connectivity index (χ2n) is 4.58. The molecule has 0 saturated heterocycles. The van der Waals surface area contributed by atoms with E-state index in [4.69, 9.17) is 0 Å². The van der Waals surface area contributed by atoms with Crippen molar-refractivity contribution in [3.63, 3.8) is 0 Å². The van der Waals surface area contributed by atoms with Gasteiger partial charge in [-0.15, -0.1) is 0 Å². The minimum atomic E-state index is -0.167. The summed E-state index contributed by atoms with van der Waals surface area (Å²) in [5, 5.41) is 3.00. The van der Waals surface area contributed by atoms with Gasteiger partial charge in [-0.2, -0.15) is 0 Å². The highest BCUT2D eigenvalue weighted by molar-refractivity contribution is 5.95. The number of benzene rings is 1. The normalized spacial score (nSPS) is 18.9. The number of aromatic nitrogens is 2. The minimum absolute atomic E-state index is 0.0426. The zero-order chi connectivity index (χ0) is 12.5. The molecular formula is C14H15N3O. The van der Waals surface area contributed by atoms with Crippen molar-refractivity contribution < 1.29 is 4.79 Å². The highest BCUT2D eigenvalue weighted by Gasteiger charge is 2.25. The van der Waals surface area contributed by atoms with Gasteiger partial charge in [-0.25, -0.2) is 4.98 Å². The summed E-state index contributed by atoms with van der Waals surface area (Å²) in [5.74, 6) is 0.919. The molecule has 18 heavy (non-hydrogen) atoms. The van der Waals surface area contributed by atoms with Crippen molar-refractivity contribution in [1.82, 2.24) is 9.55 Å². The number of hydrogen-bond acceptors (Lipinski definition) is 2. The Morgan fingerprint density at radius 2 is 2.22 bits per heavy atom. The van der Waals surface area contributed by atoms with E-state index in [1.165, 1.54) is 5.56 Å². The van der Waals surface area contributed by atoms with E-state index in [0.29, 0.717) is 0 Å². The molecule has 4 heteroatoms. The van der Waals surface area contributed by atoms with Crippen LogP contribution in [0.3, 0.4) is 0 Å². The van der Waals surface area contributed by atoms with Crippen LogP contribution in [0.15, 0.2) is 36.7 Å². The van der Waals surface area contributed by atoms with Crippen LogP contribution in [0.1, 0.15) is 23.9 Å². The molecule has 1 amide bonds. The summed E-state index contributed by atoms with van der Waals surface area (Å²) in [6.07, 6.45) is 5.31. The van der Waals surface area contributed by atoms with Gasteiger partial charge in [-0.1, -0.05) is 18.2 Å². The number of amides is 1. The molecule has 1 unspecified atom stereocenters. The number of aryl methyl sites for hydroxylation is 2. The van der Waals surface area contributed by atoms with Gasteiger partial charge in [0.05, 0.1) is 0 Å². The van der Waals surface area contributed by atoms with E-state index < -0.39 is 0 Å². The van der Waals surface area contributed by atoms with Crippen molar-refractivity contribution in [2.75, 3.05) is 5.32 Å². The second-order valence-corrected chi connectivity index (χ2v) is 4.58. The van der Waals surface area contributed by atoms with Gasteiger partial charge in [-0.05, 0) is 31.4 Å². The van der Waals surface area contributed by atoms with E-state index in [-0.39, 0.29) is 11.9 Å². The minimum Gasteiger partial charge on any atom is -0.324 e. The summed E-state index contributed by atoms with van der Waals surface area (Å²) in [5.41, 5.74) is 2.13. The molecule has 1 aromatic carbocycles. The van der Waals surface area contributed by atoms with Gasteiger partial charge in [0.2, 0.25) is 5.91 Å². The number of carbonyl (C=O) groups is 1. The molecule has 0 radical (unpaired) electrons. The monoisotopic (exact) mass is 241 g/mol. The molecule has 3 rings (SSSR count). The Hall–Kier alpha value is -2.10. The number of fused-ring (bicyclic) bond motifs is 1. The maximum Gasteiger partial charge on any atom is 0.247 e. The smallest absolute Gasteiger partial charge is 0.247 e. The fraction of sp³-hybridized carbons (Fsp3) is 0.286. The lowest BCUT2D eigenvalue weighted by molar-refractivity contribution is -0.119. The molecule has 92 valence electrons. The van der Waals surface area contributed by atoms with Crippen LogP contribution in [0.5, 0.6) is 0 Å². The fourth-order valence-electron chi connectivity index (χ4n) is 2.48. The van der Waals surface area contributed by atoms with Gasteiger partial charge < -0.3 is 9.88 Å². The number of anilines is 1. The van der Waals surface area contributed by atoms with Crippen molar-refractivity contribution in [3.8, 4) is 0 Å². The first-order valence-corrected chi connectivity index (χ1v) is 6.14. The van der Waals surface area contributed by atoms with Crippen molar-refractivity contribution >= 4 is 11.6 Å². The summed E-state index contributed by atoms with van der Waals surface area (Å²) in [7, 11) is 0. The first-order valence-electron chi connectivity index (χ1n) is 6.14. The molecule has 0 bridgehead atoms. The molecule has 1 aromatic heterocycles. The topological polar surface area (TPSA) is 46.9 Å². The highest BCUT2D eigenvalue weighted by Crippen LogP contribution is 2.27. The van der Waals surface area contributed by atoms with Gasteiger partial charge in [0, 0.05) is 18.1 Å². The summed E-state index contributed by atoms with van der Waals surface area (Å²) >= 11 is 0. The Morgan fingerprint density at radius 1 is 1.39 bits per heavy atom. The van der Waals surface area contributed by atoms with Crippen LogP contribution in [0.25, 0.3) is 0 Å². The Kier molecular flexibility index (Phi) is 2.63. The lowest BCUT2D eigenvalue weighted by Crippen LogP contribution is -2.25. The molecule has 2 aromatic rings. The standard InChI is InChI=1S/C14H15N3O/c1-10-15-8-9-17(10)13-7-6-11-4-2-3-5-12(11)16-14(13)18/h2-5,8-9,13H,6-7H2,1H3,(H,16,18). The van der Waals surface area contributed by atoms with E-state index in [1.54, 1.807) is 6.20 Å². The molecule has 0 spiro atoms. The first-order chi connectivity index (χ1) is 8.75.